The molecule has 0 saturated heterocycles. The largest absolute Gasteiger partial charge is 0.507 e. The Balaban J connectivity index is 1.62. The van der Waals surface area contributed by atoms with Crippen molar-refractivity contribution in [1.82, 2.24) is 10.9 Å². The van der Waals surface area contributed by atoms with Crippen LogP contribution in [0.15, 0.2) is 77.7 Å². The summed E-state index contributed by atoms with van der Waals surface area (Å²) >= 11 is 5.80. The first kappa shape index (κ1) is 21.4. The Hall–Kier alpha value is -3.36. The second kappa shape index (κ2) is 8.98. The van der Waals surface area contributed by atoms with Gasteiger partial charge < -0.3 is 5.11 Å². The van der Waals surface area contributed by atoms with E-state index in [1.165, 1.54) is 54.6 Å². The molecule has 0 aliphatic carbocycles. The van der Waals surface area contributed by atoms with Crippen LogP contribution >= 0.6 is 11.6 Å². The number of sulfone groups is 1. The predicted octanol–water partition coefficient (Wildman–Crippen LogP) is 3.09. The number of hydrogen-bond acceptors (Lipinski definition) is 5. The van der Waals surface area contributed by atoms with Gasteiger partial charge in [0.2, 0.25) is 0 Å². The number of carbonyl (C=O) groups excluding carboxylic acids is 2. The van der Waals surface area contributed by atoms with Crippen LogP contribution in [0, 0.1) is 0 Å². The van der Waals surface area contributed by atoms with Crippen LogP contribution in [0.3, 0.4) is 0 Å². The molecule has 154 valence electrons. The van der Waals surface area contributed by atoms with Crippen LogP contribution in [-0.2, 0) is 15.6 Å². The second-order valence-electron chi connectivity index (χ2n) is 6.34. The lowest BCUT2D eigenvalue weighted by atomic mass is 10.1. The number of rotatable bonds is 5. The summed E-state index contributed by atoms with van der Waals surface area (Å²) in [4.78, 5) is 24.5. The summed E-state index contributed by atoms with van der Waals surface area (Å²) in [5, 5.41) is 9.97. The number of nitrogens with one attached hydrogen (secondary N) is 2. The summed E-state index contributed by atoms with van der Waals surface area (Å²) in [7, 11) is -3.50. The first-order valence-electron chi connectivity index (χ1n) is 8.72. The maximum atomic E-state index is 12.4. The van der Waals surface area contributed by atoms with Gasteiger partial charge in [-0.1, -0.05) is 41.9 Å². The van der Waals surface area contributed by atoms with Crippen molar-refractivity contribution in [3.05, 3.63) is 94.5 Å². The summed E-state index contributed by atoms with van der Waals surface area (Å²) in [6.45, 7) is 0. The van der Waals surface area contributed by atoms with Crippen molar-refractivity contribution in [2.24, 2.45) is 0 Å². The maximum Gasteiger partial charge on any atom is 0.273 e. The fourth-order valence-electron chi connectivity index (χ4n) is 2.63. The second-order valence-corrected chi connectivity index (χ2v) is 8.76. The average molecular weight is 445 g/mol. The van der Waals surface area contributed by atoms with Crippen molar-refractivity contribution in [1.29, 1.82) is 0 Å². The number of carbonyl (C=O) groups is 2. The van der Waals surface area contributed by atoms with Crippen LogP contribution in [0.2, 0.25) is 5.02 Å². The highest BCUT2D eigenvalue weighted by atomic mass is 35.5. The molecule has 9 heteroatoms. The van der Waals surface area contributed by atoms with Crippen LogP contribution in [0.5, 0.6) is 5.75 Å². The van der Waals surface area contributed by atoms with Gasteiger partial charge in [0.25, 0.3) is 11.8 Å². The zero-order valence-electron chi connectivity index (χ0n) is 15.5. The van der Waals surface area contributed by atoms with Crippen molar-refractivity contribution in [2.45, 2.75) is 10.6 Å². The van der Waals surface area contributed by atoms with Crippen molar-refractivity contribution >= 4 is 33.3 Å². The lowest BCUT2D eigenvalue weighted by Crippen LogP contribution is -2.41. The van der Waals surface area contributed by atoms with Crippen molar-refractivity contribution in [2.75, 3.05) is 0 Å². The Morgan fingerprint density at radius 2 is 1.50 bits per heavy atom. The molecule has 0 saturated carbocycles. The Bertz CT molecular complexity index is 1180. The molecule has 3 N–H and O–H groups in total. The number of phenolic OH excluding ortho intramolecular Hbond substituents is 1. The van der Waals surface area contributed by atoms with E-state index in [-0.39, 0.29) is 32.5 Å². The summed E-state index contributed by atoms with van der Waals surface area (Å²) in [6.07, 6.45) is 0. The highest BCUT2D eigenvalue weighted by Gasteiger charge is 2.16. The Labute approximate surface area is 178 Å². The van der Waals surface area contributed by atoms with Gasteiger partial charge in [-0.15, -0.1) is 0 Å². The minimum Gasteiger partial charge on any atom is -0.507 e. The van der Waals surface area contributed by atoms with Gasteiger partial charge in [-0.05, 0) is 48.0 Å². The molecule has 0 atom stereocenters. The minimum absolute atomic E-state index is 0.0933. The monoisotopic (exact) mass is 444 g/mol. The molecule has 0 aliphatic heterocycles. The Kier molecular flexibility index (Phi) is 6.39. The van der Waals surface area contributed by atoms with Crippen LogP contribution in [0.25, 0.3) is 0 Å². The molecule has 0 aliphatic rings. The third-order valence-electron chi connectivity index (χ3n) is 4.17. The van der Waals surface area contributed by atoms with Gasteiger partial charge in [-0.25, -0.2) is 8.42 Å². The number of hydrazine groups is 1. The zero-order chi connectivity index (χ0) is 21.7. The van der Waals surface area contributed by atoms with Crippen LogP contribution in [0.1, 0.15) is 26.3 Å². The third-order valence-corrected chi connectivity index (χ3v) is 6.11. The third kappa shape index (κ3) is 5.16. The molecule has 0 fully saturated rings. The quantitative estimate of drug-likeness (QED) is 0.523. The molecule has 3 aromatic carbocycles. The van der Waals surface area contributed by atoms with E-state index < -0.39 is 21.7 Å². The van der Waals surface area contributed by atoms with E-state index in [0.717, 1.165) is 0 Å². The summed E-state index contributed by atoms with van der Waals surface area (Å²) in [5.41, 5.74) is 5.05. The molecule has 30 heavy (non-hydrogen) atoms. The average Bonchev–Trinajstić information content (AvgIpc) is 2.74. The number of aromatic hydroxyl groups is 1. The number of phenols is 1. The number of hydrogen-bond donors (Lipinski definition) is 3. The van der Waals surface area contributed by atoms with Gasteiger partial charge in [0.15, 0.2) is 9.84 Å². The Morgan fingerprint density at radius 1 is 0.867 bits per heavy atom. The standard InChI is InChI=1S/C21H17ClN2O5S/c22-16-10-11-19(25)18(12-16)21(27)24-23-20(26)15-8-6-14(7-9-15)13-30(28,29)17-4-2-1-3-5-17/h1-12,25H,13H2,(H,23,26)(H,24,27). The van der Waals surface area contributed by atoms with Gasteiger partial charge in [0.1, 0.15) is 5.75 Å². The molecule has 7 nitrogen and oxygen atoms in total. The lowest BCUT2D eigenvalue weighted by Gasteiger charge is -2.09. The van der Waals surface area contributed by atoms with E-state index in [4.69, 9.17) is 11.6 Å². The molecule has 0 radical (unpaired) electrons. The van der Waals surface area contributed by atoms with Gasteiger partial charge in [0, 0.05) is 10.6 Å². The number of amides is 2. The fourth-order valence-corrected chi connectivity index (χ4v) is 4.17. The summed E-state index contributed by atoms with van der Waals surface area (Å²) < 4.78 is 24.9. The topological polar surface area (TPSA) is 113 Å². The van der Waals surface area contributed by atoms with Crippen molar-refractivity contribution in [3.63, 3.8) is 0 Å². The van der Waals surface area contributed by atoms with Crippen LogP contribution < -0.4 is 10.9 Å². The van der Waals surface area contributed by atoms with Gasteiger partial charge in [0.05, 0.1) is 16.2 Å². The van der Waals surface area contributed by atoms with E-state index in [9.17, 15) is 23.1 Å². The molecule has 3 rings (SSSR count). The van der Waals surface area contributed by atoms with Gasteiger partial charge in [-0.3, -0.25) is 20.4 Å². The predicted molar refractivity (Wildman–Crippen MR) is 112 cm³/mol. The maximum absolute atomic E-state index is 12.4. The SMILES string of the molecule is O=C(NNC(=O)c1cc(Cl)ccc1O)c1ccc(CS(=O)(=O)c2ccccc2)cc1. The molecular weight excluding hydrogens is 428 g/mol. The van der Waals surface area contributed by atoms with Crippen LogP contribution in [-0.4, -0.2) is 25.3 Å². The lowest BCUT2D eigenvalue weighted by molar-refractivity contribution is 0.0845. The molecule has 0 unspecified atom stereocenters. The fraction of sp³-hybridized carbons (Fsp3) is 0.0476. The van der Waals surface area contributed by atoms with Crippen LogP contribution in [0.4, 0.5) is 0 Å². The number of halogens is 1. The van der Waals surface area contributed by atoms with Gasteiger partial charge >= 0.3 is 0 Å². The molecule has 0 spiro atoms. The van der Waals surface area contributed by atoms with Crippen molar-refractivity contribution < 1.29 is 23.1 Å². The summed E-state index contributed by atoms with van der Waals surface area (Å²) in [5.74, 6) is -1.84. The molecule has 3 aromatic rings. The summed E-state index contributed by atoms with van der Waals surface area (Å²) in [6, 6.07) is 18.0. The minimum atomic E-state index is -3.50. The van der Waals surface area contributed by atoms with E-state index in [0.29, 0.717) is 5.56 Å². The molecular formula is C21H17ClN2O5S. The molecule has 0 aromatic heterocycles. The molecule has 0 bridgehead atoms. The first-order valence-corrected chi connectivity index (χ1v) is 10.8. The molecule has 2 amide bonds. The van der Waals surface area contributed by atoms with E-state index >= 15 is 0 Å². The highest BCUT2D eigenvalue weighted by Crippen LogP contribution is 2.21. The van der Waals surface area contributed by atoms with Gasteiger partial charge in [-0.2, -0.15) is 0 Å². The first-order chi connectivity index (χ1) is 14.3. The molecule has 0 heterocycles. The number of benzene rings is 3. The van der Waals surface area contributed by atoms with E-state index in [1.807, 2.05) is 0 Å². The highest BCUT2D eigenvalue weighted by molar-refractivity contribution is 7.90. The van der Waals surface area contributed by atoms with E-state index in [2.05, 4.69) is 10.9 Å². The Morgan fingerprint density at radius 3 is 2.17 bits per heavy atom. The zero-order valence-corrected chi connectivity index (χ0v) is 17.1. The van der Waals surface area contributed by atoms with E-state index in [1.54, 1.807) is 18.2 Å². The smallest absolute Gasteiger partial charge is 0.273 e. The van der Waals surface area contributed by atoms with Crippen molar-refractivity contribution in [3.8, 4) is 5.75 Å². The normalized spacial score (nSPS) is 11.0.